The lowest BCUT2D eigenvalue weighted by molar-refractivity contribution is -0.128. The van der Waals surface area contributed by atoms with Crippen molar-refractivity contribution in [1.82, 2.24) is 0 Å². The van der Waals surface area contributed by atoms with Crippen LogP contribution in [0.1, 0.15) is 46.5 Å². The highest BCUT2D eigenvalue weighted by Gasteiger charge is 2.57. The Morgan fingerprint density at radius 3 is 2.50 bits per heavy atom. The van der Waals surface area contributed by atoms with E-state index in [2.05, 4.69) is 20.8 Å². The van der Waals surface area contributed by atoms with Gasteiger partial charge in [0.05, 0.1) is 0 Å². The van der Waals surface area contributed by atoms with Gasteiger partial charge < -0.3 is 5.11 Å². The van der Waals surface area contributed by atoms with E-state index in [9.17, 15) is 9.90 Å². The van der Waals surface area contributed by atoms with Gasteiger partial charge in [0.15, 0.2) is 5.78 Å². The fourth-order valence-electron chi connectivity index (χ4n) is 3.68. The van der Waals surface area contributed by atoms with Crippen LogP contribution in [0, 0.1) is 16.7 Å². The summed E-state index contributed by atoms with van der Waals surface area (Å²) < 4.78 is 0. The predicted octanol–water partition coefficient (Wildman–Crippen LogP) is 2.15. The highest BCUT2D eigenvalue weighted by atomic mass is 16.3. The van der Waals surface area contributed by atoms with Crippen LogP contribution in [0.25, 0.3) is 0 Å². The maximum atomic E-state index is 11.6. The Morgan fingerprint density at radius 1 is 1.29 bits per heavy atom. The Balaban J connectivity index is 2.36. The number of ketones is 1. The number of carbonyl (C=O) groups excluding carboxylic acids is 1. The van der Waals surface area contributed by atoms with Crippen molar-refractivity contribution in [2.75, 3.05) is 0 Å². The molecule has 2 rings (SSSR count). The van der Waals surface area contributed by atoms with E-state index in [-0.39, 0.29) is 16.6 Å². The number of aliphatic hydroxyl groups excluding tert-OH is 1. The minimum atomic E-state index is -0.702. The van der Waals surface area contributed by atoms with Crippen LogP contribution < -0.4 is 0 Å². The highest BCUT2D eigenvalue weighted by Crippen LogP contribution is 2.57. The van der Waals surface area contributed by atoms with E-state index >= 15 is 0 Å². The Morgan fingerprint density at radius 2 is 1.93 bits per heavy atom. The molecular formula is C12H20O2. The summed E-state index contributed by atoms with van der Waals surface area (Å²) in [6.07, 6.45) is 3.23. The fraction of sp³-hybridized carbons (Fsp3) is 0.917. The summed E-state index contributed by atoms with van der Waals surface area (Å²) in [5, 5.41) is 9.93. The third-order valence-corrected chi connectivity index (χ3v) is 4.61. The van der Waals surface area contributed by atoms with Gasteiger partial charge in [0.1, 0.15) is 6.10 Å². The zero-order valence-electron chi connectivity index (χ0n) is 9.34. The quantitative estimate of drug-likeness (QED) is 0.644. The molecule has 2 aliphatic carbocycles. The molecule has 0 aromatic heterocycles. The molecule has 2 aliphatic rings. The van der Waals surface area contributed by atoms with E-state index in [4.69, 9.17) is 0 Å². The molecule has 0 amide bonds. The average Bonchev–Trinajstić information content (AvgIpc) is 2.30. The van der Waals surface area contributed by atoms with Crippen LogP contribution in [0.2, 0.25) is 0 Å². The molecule has 0 heterocycles. The first-order chi connectivity index (χ1) is 6.38. The summed E-state index contributed by atoms with van der Waals surface area (Å²) in [4.78, 5) is 11.6. The monoisotopic (exact) mass is 196 g/mol. The van der Waals surface area contributed by atoms with Gasteiger partial charge in [-0.15, -0.1) is 0 Å². The first-order valence-electron chi connectivity index (χ1n) is 5.59. The van der Waals surface area contributed by atoms with Crippen molar-refractivity contribution in [2.24, 2.45) is 16.7 Å². The summed E-state index contributed by atoms with van der Waals surface area (Å²) in [6, 6.07) is 0. The van der Waals surface area contributed by atoms with Crippen molar-refractivity contribution in [3.8, 4) is 0 Å². The van der Waals surface area contributed by atoms with E-state index in [0.29, 0.717) is 12.3 Å². The van der Waals surface area contributed by atoms with Crippen molar-refractivity contribution in [2.45, 2.75) is 52.6 Å². The van der Waals surface area contributed by atoms with E-state index < -0.39 is 6.10 Å². The van der Waals surface area contributed by atoms with E-state index in [1.165, 1.54) is 6.42 Å². The number of hydrogen-bond donors (Lipinski definition) is 1. The van der Waals surface area contributed by atoms with Crippen LogP contribution in [-0.4, -0.2) is 17.0 Å². The highest BCUT2D eigenvalue weighted by molar-refractivity contribution is 5.86. The van der Waals surface area contributed by atoms with Crippen LogP contribution >= 0.6 is 0 Å². The van der Waals surface area contributed by atoms with E-state index in [1.807, 2.05) is 0 Å². The third-order valence-electron chi connectivity index (χ3n) is 4.61. The molecule has 0 spiro atoms. The lowest BCUT2D eigenvalue weighted by Crippen LogP contribution is -2.43. The van der Waals surface area contributed by atoms with Gasteiger partial charge in [-0.2, -0.15) is 0 Å². The maximum Gasteiger partial charge on any atom is 0.162 e. The smallest absolute Gasteiger partial charge is 0.162 e. The summed E-state index contributed by atoms with van der Waals surface area (Å²) in [5.74, 6) is 0.443. The molecule has 2 heteroatoms. The van der Waals surface area contributed by atoms with Gasteiger partial charge in [0.2, 0.25) is 0 Å². The molecular weight excluding hydrogens is 176 g/mol. The number of aliphatic hydroxyl groups is 1. The number of carbonyl (C=O) groups is 1. The number of Topliss-reactive ketones (excluding diaryl/α,β-unsaturated/α-hetero) is 1. The van der Waals surface area contributed by atoms with Crippen molar-refractivity contribution in [3.63, 3.8) is 0 Å². The minimum Gasteiger partial charge on any atom is -0.385 e. The van der Waals surface area contributed by atoms with Crippen LogP contribution in [0.5, 0.6) is 0 Å². The molecule has 0 saturated heterocycles. The second-order valence-electron chi connectivity index (χ2n) is 5.97. The van der Waals surface area contributed by atoms with Gasteiger partial charge in [0, 0.05) is 11.8 Å². The zero-order valence-corrected chi connectivity index (χ0v) is 9.34. The Labute approximate surface area is 85.7 Å². The van der Waals surface area contributed by atoms with Gasteiger partial charge in [-0.1, -0.05) is 27.2 Å². The zero-order chi connectivity index (χ0) is 10.6. The molecule has 1 unspecified atom stereocenters. The molecule has 0 aromatic rings. The molecule has 1 N–H and O–H groups in total. The standard InChI is InChI=1S/C12H20O2/c1-11(2)5-4-6-12(3)9(11)7-8(13)10(12)14/h9-10,14H,4-7H2,1-3H3/t9-,10?,12+/m1/s1. The average molecular weight is 196 g/mol. The summed E-state index contributed by atoms with van der Waals surface area (Å²) in [7, 11) is 0. The van der Waals surface area contributed by atoms with Crippen molar-refractivity contribution in [3.05, 3.63) is 0 Å². The summed E-state index contributed by atoms with van der Waals surface area (Å²) >= 11 is 0. The topological polar surface area (TPSA) is 37.3 Å². The van der Waals surface area contributed by atoms with E-state index in [1.54, 1.807) is 0 Å². The fourth-order valence-corrected chi connectivity index (χ4v) is 3.68. The normalized spacial score (nSPS) is 46.4. The summed E-state index contributed by atoms with van der Waals surface area (Å²) in [6.45, 7) is 6.56. The van der Waals surface area contributed by atoms with Gasteiger partial charge in [-0.3, -0.25) is 4.79 Å². The SMILES string of the molecule is CC1(C)CCC[C@]2(C)C(O)C(=O)C[C@H]12. The van der Waals surface area contributed by atoms with Crippen LogP contribution in [-0.2, 0) is 4.79 Å². The third kappa shape index (κ3) is 1.16. The first-order valence-corrected chi connectivity index (χ1v) is 5.59. The van der Waals surface area contributed by atoms with Crippen molar-refractivity contribution in [1.29, 1.82) is 0 Å². The predicted molar refractivity (Wildman–Crippen MR) is 54.9 cm³/mol. The van der Waals surface area contributed by atoms with Crippen LogP contribution in [0.4, 0.5) is 0 Å². The van der Waals surface area contributed by atoms with Gasteiger partial charge >= 0.3 is 0 Å². The molecule has 2 nitrogen and oxygen atoms in total. The second-order valence-corrected chi connectivity index (χ2v) is 5.97. The molecule has 80 valence electrons. The minimum absolute atomic E-state index is 0.0625. The molecule has 0 aromatic carbocycles. The number of hydrogen-bond acceptors (Lipinski definition) is 2. The Bertz CT molecular complexity index is 269. The van der Waals surface area contributed by atoms with Gasteiger partial charge in [-0.05, 0) is 24.2 Å². The van der Waals surface area contributed by atoms with Crippen LogP contribution in [0.3, 0.4) is 0 Å². The van der Waals surface area contributed by atoms with Gasteiger partial charge in [-0.25, -0.2) is 0 Å². The first kappa shape index (κ1) is 10.2. The van der Waals surface area contributed by atoms with Gasteiger partial charge in [0.25, 0.3) is 0 Å². The second kappa shape index (κ2) is 2.82. The molecule has 0 radical (unpaired) electrons. The maximum absolute atomic E-state index is 11.6. The van der Waals surface area contributed by atoms with E-state index in [0.717, 1.165) is 12.8 Å². The Kier molecular flexibility index (Phi) is 2.04. The largest absolute Gasteiger partial charge is 0.385 e. The number of fused-ring (bicyclic) bond motifs is 1. The summed E-state index contributed by atoms with van der Waals surface area (Å²) in [5.41, 5.74) is 0.0823. The molecule has 2 fully saturated rings. The lowest BCUT2D eigenvalue weighted by Gasteiger charge is -2.47. The lowest BCUT2D eigenvalue weighted by atomic mass is 9.57. The Hall–Kier alpha value is -0.370. The molecule has 0 aliphatic heterocycles. The molecule has 3 atom stereocenters. The van der Waals surface area contributed by atoms with Crippen LogP contribution in [0.15, 0.2) is 0 Å². The van der Waals surface area contributed by atoms with Crippen molar-refractivity contribution < 1.29 is 9.90 Å². The molecule has 14 heavy (non-hydrogen) atoms. The molecule has 0 bridgehead atoms. The number of rotatable bonds is 0. The van der Waals surface area contributed by atoms with Crippen molar-refractivity contribution >= 4 is 5.78 Å². The molecule has 2 saturated carbocycles.